The Morgan fingerprint density at radius 2 is 1.84 bits per heavy atom. The lowest BCUT2D eigenvalue weighted by atomic mass is 9.93. The van der Waals surface area contributed by atoms with Crippen LogP contribution in [0, 0.1) is 11.6 Å². The molecule has 9 heteroatoms. The minimum Gasteiger partial charge on any atom is -0.451 e. The van der Waals surface area contributed by atoms with Gasteiger partial charge in [-0.15, -0.1) is 0 Å². The third kappa shape index (κ3) is 3.88. The zero-order valence-corrected chi connectivity index (χ0v) is 14.9. The smallest absolute Gasteiger partial charge is 0.275 e. The molecule has 2 rings (SSSR count). The summed E-state index contributed by atoms with van der Waals surface area (Å²) in [6.45, 7) is 3.08. The molecule has 0 fully saturated rings. The van der Waals surface area contributed by atoms with Gasteiger partial charge in [0.1, 0.15) is 17.9 Å². The third-order valence-electron chi connectivity index (χ3n) is 3.60. The topological polar surface area (TPSA) is 79.6 Å². The van der Waals surface area contributed by atoms with E-state index in [0.717, 1.165) is 28.8 Å². The second-order valence-corrected chi connectivity index (χ2v) is 8.23. The van der Waals surface area contributed by atoms with Gasteiger partial charge in [0.05, 0.1) is 11.1 Å². The molecule has 1 amide bonds. The molecule has 25 heavy (non-hydrogen) atoms. The number of amides is 1. The van der Waals surface area contributed by atoms with E-state index in [1.54, 1.807) is 13.8 Å². The van der Waals surface area contributed by atoms with Crippen LogP contribution in [0.15, 0.2) is 40.0 Å². The van der Waals surface area contributed by atoms with Gasteiger partial charge in [-0.1, -0.05) is 6.07 Å². The van der Waals surface area contributed by atoms with Crippen molar-refractivity contribution >= 4 is 15.9 Å². The van der Waals surface area contributed by atoms with Gasteiger partial charge in [0, 0.05) is 31.8 Å². The summed E-state index contributed by atoms with van der Waals surface area (Å²) in [5.74, 6) is -2.18. The number of carbonyl (C=O) groups is 1. The number of nitrogens with one attached hydrogen (secondary N) is 1. The highest BCUT2D eigenvalue weighted by atomic mass is 32.2. The molecule has 0 radical (unpaired) electrons. The van der Waals surface area contributed by atoms with E-state index in [4.69, 9.17) is 4.42 Å². The summed E-state index contributed by atoms with van der Waals surface area (Å²) < 4.78 is 56.8. The molecule has 1 aromatic heterocycles. The summed E-state index contributed by atoms with van der Waals surface area (Å²) in [4.78, 5) is 12.3. The molecule has 0 bridgehead atoms. The lowest BCUT2D eigenvalue weighted by Gasteiger charge is -2.27. The number of sulfonamides is 1. The number of rotatable bonds is 5. The zero-order chi connectivity index (χ0) is 19.0. The van der Waals surface area contributed by atoms with Crippen molar-refractivity contribution in [2.24, 2.45) is 0 Å². The van der Waals surface area contributed by atoms with Gasteiger partial charge in [0.25, 0.3) is 15.9 Å². The molecule has 1 aromatic carbocycles. The molecule has 0 aliphatic carbocycles. The fourth-order valence-corrected chi connectivity index (χ4v) is 2.98. The molecule has 136 valence electrons. The van der Waals surface area contributed by atoms with Gasteiger partial charge in [-0.25, -0.2) is 21.5 Å². The van der Waals surface area contributed by atoms with Crippen LogP contribution in [0.1, 0.15) is 29.8 Å². The Kier molecular flexibility index (Phi) is 5.01. The van der Waals surface area contributed by atoms with Crippen molar-refractivity contribution < 1.29 is 26.4 Å². The van der Waals surface area contributed by atoms with Gasteiger partial charge >= 0.3 is 0 Å². The van der Waals surface area contributed by atoms with E-state index in [-0.39, 0.29) is 16.2 Å². The van der Waals surface area contributed by atoms with Crippen molar-refractivity contribution in [3.05, 3.63) is 53.3 Å². The van der Waals surface area contributed by atoms with Crippen LogP contribution in [-0.2, 0) is 15.6 Å². The number of halogens is 2. The molecule has 0 aliphatic rings. The average Bonchev–Trinajstić information content (AvgIpc) is 2.96. The fourth-order valence-electron chi connectivity index (χ4n) is 2.17. The van der Waals surface area contributed by atoms with E-state index in [1.165, 1.54) is 20.2 Å². The number of furan rings is 1. The van der Waals surface area contributed by atoms with Gasteiger partial charge in [0.15, 0.2) is 0 Å². The summed E-state index contributed by atoms with van der Waals surface area (Å²) >= 11 is 0. The minimum atomic E-state index is -3.81. The van der Waals surface area contributed by atoms with Crippen LogP contribution < -0.4 is 5.32 Å². The minimum absolute atomic E-state index is 0.0315. The van der Waals surface area contributed by atoms with Gasteiger partial charge in [0.2, 0.25) is 5.09 Å². The number of hydrogen-bond acceptors (Lipinski definition) is 4. The summed E-state index contributed by atoms with van der Waals surface area (Å²) in [5.41, 5.74) is -1.10. The Balaban J connectivity index is 2.26. The van der Waals surface area contributed by atoms with Crippen LogP contribution in [0.2, 0.25) is 0 Å². The number of nitrogens with zero attached hydrogens (tertiary/aromatic N) is 1. The van der Waals surface area contributed by atoms with E-state index in [1.807, 2.05) is 0 Å². The van der Waals surface area contributed by atoms with Gasteiger partial charge < -0.3 is 9.73 Å². The Bertz CT molecular complexity index is 905. The van der Waals surface area contributed by atoms with Crippen LogP contribution in [0.5, 0.6) is 0 Å². The Hall–Kier alpha value is -2.26. The molecule has 6 nitrogen and oxygen atoms in total. The van der Waals surface area contributed by atoms with Crippen molar-refractivity contribution in [2.75, 3.05) is 14.1 Å². The molecule has 0 saturated heterocycles. The molecular weight excluding hydrogens is 354 g/mol. The van der Waals surface area contributed by atoms with Crippen LogP contribution in [0.4, 0.5) is 8.78 Å². The Morgan fingerprint density at radius 1 is 1.20 bits per heavy atom. The molecule has 2 aromatic rings. The van der Waals surface area contributed by atoms with E-state index in [0.29, 0.717) is 0 Å². The van der Waals surface area contributed by atoms with Crippen LogP contribution in [0.3, 0.4) is 0 Å². The third-order valence-corrected chi connectivity index (χ3v) is 5.29. The molecule has 0 unspecified atom stereocenters. The highest BCUT2D eigenvalue weighted by molar-refractivity contribution is 7.88. The van der Waals surface area contributed by atoms with Crippen molar-refractivity contribution in [1.29, 1.82) is 0 Å². The summed E-state index contributed by atoms with van der Waals surface area (Å²) in [7, 11) is -1.15. The van der Waals surface area contributed by atoms with Gasteiger partial charge in [-0.2, -0.15) is 0 Å². The van der Waals surface area contributed by atoms with E-state index in [9.17, 15) is 22.0 Å². The Labute approximate surface area is 144 Å². The number of carbonyl (C=O) groups excluding carboxylic acids is 1. The molecule has 0 atom stereocenters. The predicted molar refractivity (Wildman–Crippen MR) is 86.4 cm³/mol. The monoisotopic (exact) mass is 372 g/mol. The zero-order valence-electron chi connectivity index (χ0n) is 14.1. The first-order chi connectivity index (χ1) is 11.4. The maximum atomic E-state index is 14.0. The maximum absolute atomic E-state index is 14.0. The summed E-state index contributed by atoms with van der Waals surface area (Å²) in [6.07, 6.45) is 1.00. The fraction of sp³-hybridized carbons (Fsp3) is 0.312. The molecule has 0 aliphatic heterocycles. The number of benzene rings is 1. The first-order valence-corrected chi connectivity index (χ1v) is 8.68. The van der Waals surface area contributed by atoms with Crippen molar-refractivity contribution in [3.63, 3.8) is 0 Å². The highest BCUT2D eigenvalue weighted by Crippen LogP contribution is 2.25. The van der Waals surface area contributed by atoms with Crippen molar-refractivity contribution in [3.8, 4) is 0 Å². The second kappa shape index (κ2) is 6.57. The molecule has 1 heterocycles. The molecular formula is C16H18F2N2O4S. The van der Waals surface area contributed by atoms with E-state index >= 15 is 0 Å². The summed E-state index contributed by atoms with van der Waals surface area (Å²) in [6, 6.07) is 4.14. The highest BCUT2D eigenvalue weighted by Gasteiger charge is 2.29. The number of hydrogen-bond donors (Lipinski definition) is 1. The first-order valence-electron chi connectivity index (χ1n) is 7.24. The lowest BCUT2D eigenvalue weighted by molar-refractivity contribution is 0.0910. The first kappa shape index (κ1) is 19.1. The average molecular weight is 372 g/mol. The lowest BCUT2D eigenvalue weighted by Crippen LogP contribution is -2.41. The predicted octanol–water partition coefficient (Wildman–Crippen LogP) is 2.47. The van der Waals surface area contributed by atoms with Crippen molar-refractivity contribution in [2.45, 2.75) is 24.5 Å². The Morgan fingerprint density at radius 3 is 2.40 bits per heavy atom. The largest absolute Gasteiger partial charge is 0.451 e. The molecule has 1 N–H and O–H groups in total. The molecule has 0 saturated carbocycles. The summed E-state index contributed by atoms with van der Waals surface area (Å²) in [5, 5.41) is 2.19. The second-order valence-electron chi connectivity index (χ2n) is 6.15. The van der Waals surface area contributed by atoms with Gasteiger partial charge in [-0.3, -0.25) is 4.79 Å². The van der Waals surface area contributed by atoms with E-state index in [2.05, 4.69) is 5.32 Å². The van der Waals surface area contributed by atoms with Crippen molar-refractivity contribution in [1.82, 2.24) is 9.62 Å². The van der Waals surface area contributed by atoms with Crippen LogP contribution in [-0.4, -0.2) is 32.7 Å². The molecule has 0 spiro atoms. The SMILES string of the molecule is CN(C)S(=O)(=O)c1cc(C(=O)NC(C)(C)c2ccc(F)cc2F)co1. The normalized spacial score (nSPS) is 12.4. The van der Waals surface area contributed by atoms with Gasteiger partial charge in [-0.05, 0) is 19.9 Å². The van der Waals surface area contributed by atoms with Crippen LogP contribution in [0.25, 0.3) is 0 Å². The van der Waals surface area contributed by atoms with Crippen LogP contribution >= 0.6 is 0 Å². The standard InChI is InChI=1S/C16H18F2N2O4S/c1-16(2,12-6-5-11(17)8-13(12)18)19-15(21)10-7-14(24-9-10)25(22,23)20(3)4/h5-9H,1-4H3,(H,19,21). The maximum Gasteiger partial charge on any atom is 0.275 e. The van der Waals surface area contributed by atoms with E-state index < -0.39 is 33.1 Å². The quantitative estimate of drug-likeness (QED) is 0.874.